The van der Waals surface area contributed by atoms with Gasteiger partial charge in [-0.1, -0.05) is 13.3 Å². The Morgan fingerprint density at radius 3 is 2.82 bits per heavy atom. The topological polar surface area (TPSA) is 75.6 Å². The van der Waals surface area contributed by atoms with E-state index in [0.717, 1.165) is 19.3 Å². The summed E-state index contributed by atoms with van der Waals surface area (Å²) in [4.78, 5) is 22.5. The summed E-state index contributed by atoms with van der Waals surface area (Å²) in [6.45, 7) is 3.15. The van der Waals surface area contributed by atoms with Crippen molar-refractivity contribution in [1.82, 2.24) is 5.32 Å². The summed E-state index contributed by atoms with van der Waals surface area (Å²) >= 11 is 0. The van der Waals surface area contributed by atoms with Gasteiger partial charge in [0.1, 0.15) is 6.04 Å². The van der Waals surface area contributed by atoms with Gasteiger partial charge in [0, 0.05) is 6.54 Å². The molecule has 1 saturated heterocycles. The SMILES string of the molecule is CCCCOC(=O)C1CC12CNC(C(=O)O)C2. The van der Waals surface area contributed by atoms with Crippen LogP contribution in [0.25, 0.3) is 0 Å². The van der Waals surface area contributed by atoms with Crippen molar-refractivity contribution in [2.75, 3.05) is 13.2 Å². The lowest BCUT2D eigenvalue weighted by atomic mass is 10.00. The van der Waals surface area contributed by atoms with Crippen molar-refractivity contribution in [3.63, 3.8) is 0 Å². The normalized spacial score (nSPS) is 34.9. The lowest BCUT2D eigenvalue weighted by molar-refractivity contribution is -0.146. The molecule has 0 aromatic carbocycles. The van der Waals surface area contributed by atoms with Crippen LogP contribution >= 0.6 is 0 Å². The number of unbranched alkanes of at least 4 members (excludes halogenated alkanes) is 1. The second-order valence-electron chi connectivity index (χ2n) is 5.12. The highest BCUT2D eigenvalue weighted by Crippen LogP contribution is 2.58. The highest BCUT2D eigenvalue weighted by atomic mass is 16.5. The Morgan fingerprint density at radius 1 is 1.47 bits per heavy atom. The highest BCUT2D eigenvalue weighted by Gasteiger charge is 2.62. The number of nitrogens with one attached hydrogen (secondary N) is 1. The summed E-state index contributed by atoms with van der Waals surface area (Å²) < 4.78 is 5.17. The van der Waals surface area contributed by atoms with E-state index >= 15 is 0 Å². The van der Waals surface area contributed by atoms with Crippen molar-refractivity contribution in [2.24, 2.45) is 11.3 Å². The van der Waals surface area contributed by atoms with Crippen molar-refractivity contribution < 1.29 is 19.4 Å². The van der Waals surface area contributed by atoms with E-state index < -0.39 is 12.0 Å². The van der Waals surface area contributed by atoms with Gasteiger partial charge in [-0.25, -0.2) is 0 Å². The molecule has 1 heterocycles. The zero-order valence-corrected chi connectivity index (χ0v) is 10.1. The van der Waals surface area contributed by atoms with Gasteiger partial charge >= 0.3 is 11.9 Å². The van der Waals surface area contributed by atoms with Gasteiger partial charge < -0.3 is 15.2 Å². The lowest BCUT2D eigenvalue weighted by Crippen LogP contribution is -2.29. The van der Waals surface area contributed by atoms with E-state index in [0.29, 0.717) is 19.6 Å². The Balaban J connectivity index is 1.80. The number of ether oxygens (including phenoxy) is 1. The van der Waals surface area contributed by atoms with Crippen LogP contribution < -0.4 is 5.32 Å². The molecule has 0 radical (unpaired) electrons. The Bertz CT molecular complexity index is 330. The number of rotatable bonds is 5. The van der Waals surface area contributed by atoms with E-state index in [1.165, 1.54) is 0 Å². The Labute approximate surface area is 101 Å². The molecular weight excluding hydrogens is 222 g/mol. The maximum atomic E-state index is 11.7. The van der Waals surface area contributed by atoms with Crippen LogP contribution in [0, 0.1) is 11.3 Å². The van der Waals surface area contributed by atoms with Crippen LogP contribution in [0.1, 0.15) is 32.6 Å². The van der Waals surface area contributed by atoms with E-state index in [4.69, 9.17) is 9.84 Å². The fourth-order valence-electron chi connectivity index (χ4n) is 2.57. The summed E-state index contributed by atoms with van der Waals surface area (Å²) in [5, 5.41) is 11.8. The second-order valence-corrected chi connectivity index (χ2v) is 5.12. The first-order valence-electron chi connectivity index (χ1n) is 6.22. The molecule has 3 atom stereocenters. The number of carboxylic acids is 1. The minimum atomic E-state index is -0.827. The molecule has 0 bridgehead atoms. The molecule has 0 amide bonds. The first-order valence-corrected chi connectivity index (χ1v) is 6.22. The monoisotopic (exact) mass is 241 g/mol. The average Bonchev–Trinajstić information content (AvgIpc) is 2.79. The van der Waals surface area contributed by atoms with Crippen LogP contribution in [-0.4, -0.2) is 36.2 Å². The summed E-state index contributed by atoms with van der Waals surface area (Å²) in [5.41, 5.74) is -0.133. The molecule has 2 rings (SSSR count). The molecule has 1 aliphatic heterocycles. The van der Waals surface area contributed by atoms with Crippen LogP contribution in [0.4, 0.5) is 0 Å². The number of carboxylic acid groups (broad SMARTS) is 1. The maximum Gasteiger partial charge on any atom is 0.320 e. The van der Waals surface area contributed by atoms with E-state index in [9.17, 15) is 9.59 Å². The van der Waals surface area contributed by atoms with Crippen molar-refractivity contribution in [2.45, 2.75) is 38.6 Å². The van der Waals surface area contributed by atoms with Gasteiger partial charge in [0.15, 0.2) is 0 Å². The molecular formula is C12H19NO4. The minimum absolute atomic E-state index is 0.0868. The van der Waals surface area contributed by atoms with E-state index in [1.807, 2.05) is 6.92 Å². The first kappa shape index (κ1) is 12.4. The van der Waals surface area contributed by atoms with Crippen molar-refractivity contribution in [3.8, 4) is 0 Å². The zero-order chi connectivity index (χ0) is 12.5. The Morgan fingerprint density at radius 2 is 2.24 bits per heavy atom. The average molecular weight is 241 g/mol. The molecule has 1 spiro atoms. The number of aliphatic carboxylic acids is 1. The van der Waals surface area contributed by atoms with Crippen LogP contribution in [0.3, 0.4) is 0 Å². The van der Waals surface area contributed by atoms with Crippen LogP contribution in [0.5, 0.6) is 0 Å². The van der Waals surface area contributed by atoms with E-state index in [-0.39, 0.29) is 17.3 Å². The van der Waals surface area contributed by atoms with E-state index in [1.54, 1.807) is 0 Å². The number of esters is 1. The molecule has 2 N–H and O–H groups in total. The van der Waals surface area contributed by atoms with Gasteiger partial charge in [-0.15, -0.1) is 0 Å². The van der Waals surface area contributed by atoms with Gasteiger partial charge in [-0.3, -0.25) is 9.59 Å². The quantitative estimate of drug-likeness (QED) is 0.549. The summed E-state index contributed by atoms with van der Waals surface area (Å²) in [6.07, 6.45) is 3.22. The van der Waals surface area contributed by atoms with Gasteiger partial charge in [0.2, 0.25) is 0 Å². The predicted octanol–water partition coefficient (Wildman–Crippen LogP) is 0.782. The van der Waals surface area contributed by atoms with Crippen molar-refractivity contribution >= 4 is 11.9 Å². The molecule has 2 fully saturated rings. The highest BCUT2D eigenvalue weighted by molar-refractivity contribution is 5.79. The van der Waals surface area contributed by atoms with Gasteiger partial charge in [-0.05, 0) is 24.7 Å². The largest absolute Gasteiger partial charge is 0.480 e. The summed E-state index contributed by atoms with van der Waals surface area (Å²) in [7, 11) is 0. The Kier molecular flexibility index (Phi) is 3.38. The fourth-order valence-corrected chi connectivity index (χ4v) is 2.57. The second kappa shape index (κ2) is 4.64. The van der Waals surface area contributed by atoms with Crippen LogP contribution in [0.2, 0.25) is 0 Å². The fraction of sp³-hybridized carbons (Fsp3) is 0.833. The third-order valence-electron chi connectivity index (χ3n) is 3.83. The Hall–Kier alpha value is -1.10. The molecule has 17 heavy (non-hydrogen) atoms. The first-order chi connectivity index (χ1) is 8.09. The molecule has 5 heteroatoms. The molecule has 3 unspecified atom stereocenters. The van der Waals surface area contributed by atoms with Gasteiger partial charge in [0.05, 0.1) is 12.5 Å². The molecule has 96 valence electrons. The maximum absolute atomic E-state index is 11.7. The molecule has 5 nitrogen and oxygen atoms in total. The smallest absolute Gasteiger partial charge is 0.320 e. The van der Waals surface area contributed by atoms with Gasteiger partial charge in [0.25, 0.3) is 0 Å². The molecule has 2 aliphatic rings. The molecule has 0 aromatic heterocycles. The van der Waals surface area contributed by atoms with Crippen LogP contribution in [-0.2, 0) is 14.3 Å². The third-order valence-corrected chi connectivity index (χ3v) is 3.83. The van der Waals surface area contributed by atoms with E-state index in [2.05, 4.69) is 5.32 Å². The predicted molar refractivity (Wildman–Crippen MR) is 60.5 cm³/mol. The van der Waals surface area contributed by atoms with Crippen LogP contribution in [0.15, 0.2) is 0 Å². The minimum Gasteiger partial charge on any atom is -0.480 e. The number of hydrogen-bond donors (Lipinski definition) is 2. The van der Waals surface area contributed by atoms with Crippen molar-refractivity contribution in [1.29, 1.82) is 0 Å². The van der Waals surface area contributed by atoms with Gasteiger partial charge in [-0.2, -0.15) is 0 Å². The molecule has 1 aliphatic carbocycles. The third kappa shape index (κ3) is 2.44. The molecule has 0 aromatic rings. The number of carbonyl (C=O) groups is 2. The number of hydrogen-bond acceptors (Lipinski definition) is 4. The standard InChI is InChI=1S/C12H19NO4/c1-2-3-4-17-11(16)8-5-12(8)6-9(10(14)15)13-7-12/h8-9,13H,2-7H2,1H3,(H,14,15). The number of carbonyl (C=O) groups excluding carboxylic acids is 1. The molecule has 1 saturated carbocycles. The summed E-state index contributed by atoms with van der Waals surface area (Å²) in [5.74, 6) is -1.06. The summed E-state index contributed by atoms with van der Waals surface area (Å²) in [6, 6.07) is -0.497. The lowest BCUT2D eigenvalue weighted by Gasteiger charge is -2.07. The van der Waals surface area contributed by atoms with Crippen molar-refractivity contribution in [3.05, 3.63) is 0 Å². The zero-order valence-electron chi connectivity index (χ0n) is 10.1.